The van der Waals surface area contributed by atoms with E-state index in [-0.39, 0.29) is 18.2 Å². The molecule has 0 fully saturated rings. The first-order chi connectivity index (χ1) is 7.58. The molecule has 0 aromatic carbocycles. The van der Waals surface area contributed by atoms with Gasteiger partial charge in [-0.05, 0) is 6.42 Å². The minimum Gasteiger partial charge on any atom is -0.481 e. The Morgan fingerprint density at radius 3 is 2.94 bits per heavy atom. The quantitative estimate of drug-likeness (QED) is 0.688. The van der Waals surface area contributed by atoms with Crippen LogP contribution in [0.2, 0.25) is 0 Å². The number of fused-ring (bicyclic) bond motifs is 1. The van der Waals surface area contributed by atoms with Gasteiger partial charge in [-0.15, -0.1) is 0 Å². The molecule has 0 radical (unpaired) electrons. The molecule has 0 bridgehead atoms. The molecular formula is C9H11N3O4. The van der Waals surface area contributed by atoms with Crippen molar-refractivity contribution in [1.82, 2.24) is 9.55 Å². The van der Waals surface area contributed by atoms with Gasteiger partial charge in [-0.25, -0.2) is 9.78 Å². The number of imidazole rings is 1. The Balaban J connectivity index is 2.30. The van der Waals surface area contributed by atoms with Crippen molar-refractivity contribution in [2.45, 2.75) is 18.9 Å². The zero-order valence-corrected chi connectivity index (χ0v) is 8.38. The highest BCUT2D eigenvalue weighted by Crippen LogP contribution is 2.26. The van der Waals surface area contributed by atoms with E-state index < -0.39 is 11.9 Å². The van der Waals surface area contributed by atoms with E-state index in [1.807, 2.05) is 0 Å². The molecule has 2 rings (SSSR count). The van der Waals surface area contributed by atoms with Crippen LogP contribution in [0, 0.1) is 0 Å². The van der Waals surface area contributed by atoms with Crippen LogP contribution in [0.15, 0.2) is 6.20 Å². The standard InChI is InChI=1S/C9H11N3O4/c13-7(14)3-5-1-2-10-9-11-6(8(15)16)4-12(5)9/h4-5H,1-3H2,(H,10,11)(H,13,14)(H,15,16). The predicted octanol–water partition coefficient (Wildman–Crippen LogP) is 0.413. The van der Waals surface area contributed by atoms with Crippen molar-refractivity contribution >= 4 is 17.9 Å². The average Bonchev–Trinajstić information content (AvgIpc) is 2.61. The van der Waals surface area contributed by atoms with Crippen molar-refractivity contribution in [3.63, 3.8) is 0 Å². The van der Waals surface area contributed by atoms with Crippen molar-refractivity contribution in [1.29, 1.82) is 0 Å². The fourth-order valence-corrected chi connectivity index (χ4v) is 1.80. The molecule has 0 saturated carbocycles. The number of nitrogens with one attached hydrogen (secondary N) is 1. The molecule has 7 heteroatoms. The number of hydrogen-bond acceptors (Lipinski definition) is 4. The number of rotatable bonds is 3. The first kappa shape index (κ1) is 10.5. The van der Waals surface area contributed by atoms with E-state index in [9.17, 15) is 9.59 Å². The van der Waals surface area contributed by atoms with E-state index >= 15 is 0 Å². The van der Waals surface area contributed by atoms with Gasteiger partial charge in [0.25, 0.3) is 0 Å². The maximum absolute atomic E-state index is 10.7. The molecule has 1 aliphatic heterocycles. The van der Waals surface area contributed by atoms with Crippen molar-refractivity contribution in [2.24, 2.45) is 0 Å². The number of carboxylic acids is 2. The van der Waals surface area contributed by atoms with Crippen LogP contribution in [0.1, 0.15) is 29.4 Å². The van der Waals surface area contributed by atoms with Crippen molar-refractivity contribution in [2.75, 3.05) is 11.9 Å². The third-order valence-corrected chi connectivity index (χ3v) is 2.52. The molecule has 3 N–H and O–H groups in total. The number of carboxylic acid groups (broad SMARTS) is 2. The zero-order valence-electron chi connectivity index (χ0n) is 8.38. The number of hydrogen-bond donors (Lipinski definition) is 3. The van der Waals surface area contributed by atoms with Gasteiger partial charge in [0.05, 0.1) is 6.42 Å². The summed E-state index contributed by atoms with van der Waals surface area (Å²) in [6, 6.07) is -0.227. The molecule has 1 aromatic rings. The Labute approximate surface area is 90.7 Å². The molecule has 1 aromatic heterocycles. The summed E-state index contributed by atoms with van der Waals surface area (Å²) in [5.74, 6) is -1.59. The van der Waals surface area contributed by atoms with E-state index in [0.717, 1.165) is 0 Å². The van der Waals surface area contributed by atoms with E-state index in [1.165, 1.54) is 6.20 Å². The number of aromatic carboxylic acids is 1. The summed E-state index contributed by atoms with van der Waals surface area (Å²) in [5.41, 5.74) is -0.0696. The lowest BCUT2D eigenvalue weighted by atomic mass is 10.1. The number of aromatic nitrogens is 2. The normalized spacial score (nSPS) is 18.6. The van der Waals surface area contributed by atoms with Gasteiger partial charge in [0, 0.05) is 18.8 Å². The Bertz CT molecular complexity index is 440. The van der Waals surface area contributed by atoms with Crippen LogP contribution in [0.25, 0.3) is 0 Å². The van der Waals surface area contributed by atoms with Crippen LogP contribution in [-0.2, 0) is 4.79 Å². The molecule has 1 atom stereocenters. The van der Waals surface area contributed by atoms with Crippen LogP contribution in [0.3, 0.4) is 0 Å². The Morgan fingerprint density at radius 2 is 2.31 bits per heavy atom. The van der Waals surface area contributed by atoms with E-state index in [0.29, 0.717) is 18.9 Å². The first-order valence-corrected chi connectivity index (χ1v) is 4.85. The minimum absolute atomic E-state index is 0.0237. The second kappa shape index (κ2) is 3.84. The van der Waals surface area contributed by atoms with Gasteiger partial charge in [0.2, 0.25) is 5.95 Å². The minimum atomic E-state index is -1.11. The molecule has 0 aliphatic carbocycles. The summed E-state index contributed by atoms with van der Waals surface area (Å²) in [6.07, 6.45) is 2.00. The lowest BCUT2D eigenvalue weighted by Gasteiger charge is -2.24. The van der Waals surface area contributed by atoms with Crippen LogP contribution >= 0.6 is 0 Å². The van der Waals surface area contributed by atoms with Gasteiger partial charge in [-0.2, -0.15) is 0 Å². The number of aliphatic carboxylic acids is 1. The summed E-state index contributed by atoms with van der Waals surface area (Å²) in [4.78, 5) is 25.2. The van der Waals surface area contributed by atoms with Crippen molar-refractivity contribution < 1.29 is 19.8 Å². The van der Waals surface area contributed by atoms with Crippen LogP contribution < -0.4 is 5.32 Å². The summed E-state index contributed by atoms with van der Waals surface area (Å²) in [7, 11) is 0. The zero-order chi connectivity index (χ0) is 11.7. The topological polar surface area (TPSA) is 104 Å². The predicted molar refractivity (Wildman–Crippen MR) is 53.6 cm³/mol. The fourth-order valence-electron chi connectivity index (χ4n) is 1.80. The van der Waals surface area contributed by atoms with Gasteiger partial charge >= 0.3 is 11.9 Å². The van der Waals surface area contributed by atoms with Gasteiger partial charge in [0.1, 0.15) is 0 Å². The Hall–Kier alpha value is -2.05. The molecule has 86 valence electrons. The number of nitrogens with zero attached hydrogens (tertiary/aromatic N) is 2. The van der Waals surface area contributed by atoms with E-state index in [4.69, 9.17) is 10.2 Å². The maximum Gasteiger partial charge on any atom is 0.356 e. The SMILES string of the molecule is O=C(O)CC1CCNc2nc(C(=O)O)cn21. The largest absolute Gasteiger partial charge is 0.481 e. The van der Waals surface area contributed by atoms with Crippen LogP contribution in [-0.4, -0.2) is 38.2 Å². The maximum atomic E-state index is 10.7. The van der Waals surface area contributed by atoms with E-state index in [1.54, 1.807) is 4.57 Å². The van der Waals surface area contributed by atoms with Gasteiger partial charge in [-0.3, -0.25) is 4.79 Å². The first-order valence-electron chi connectivity index (χ1n) is 4.85. The lowest BCUT2D eigenvalue weighted by molar-refractivity contribution is -0.137. The second-order valence-corrected chi connectivity index (χ2v) is 3.63. The van der Waals surface area contributed by atoms with Gasteiger partial charge < -0.3 is 20.1 Å². The lowest BCUT2D eigenvalue weighted by Crippen LogP contribution is -2.24. The van der Waals surface area contributed by atoms with Crippen LogP contribution in [0.5, 0.6) is 0 Å². The molecule has 1 unspecified atom stereocenters. The molecule has 7 nitrogen and oxygen atoms in total. The number of carbonyl (C=O) groups is 2. The average molecular weight is 225 g/mol. The highest BCUT2D eigenvalue weighted by Gasteiger charge is 2.24. The van der Waals surface area contributed by atoms with Crippen molar-refractivity contribution in [3.05, 3.63) is 11.9 Å². The molecule has 0 saturated heterocycles. The summed E-state index contributed by atoms with van der Waals surface area (Å²) in [5, 5.41) is 20.5. The smallest absolute Gasteiger partial charge is 0.356 e. The summed E-state index contributed by atoms with van der Waals surface area (Å²) < 4.78 is 1.58. The fraction of sp³-hybridized carbons (Fsp3) is 0.444. The Kier molecular flexibility index (Phi) is 2.51. The highest BCUT2D eigenvalue weighted by atomic mass is 16.4. The third-order valence-electron chi connectivity index (χ3n) is 2.52. The number of anilines is 1. The van der Waals surface area contributed by atoms with Gasteiger partial charge in [0.15, 0.2) is 5.69 Å². The second-order valence-electron chi connectivity index (χ2n) is 3.63. The molecule has 2 heterocycles. The monoisotopic (exact) mass is 225 g/mol. The van der Waals surface area contributed by atoms with Crippen LogP contribution in [0.4, 0.5) is 5.95 Å². The highest BCUT2D eigenvalue weighted by molar-refractivity contribution is 5.85. The molecule has 1 aliphatic rings. The Morgan fingerprint density at radius 1 is 1.56 bits per heavy atom. The molecule has 0 amide bonds. The summed E-state index contributed by atoms with van der Waals surface area (Å²) >= 11 is 0. The molecule has 0 spiro atoms. The summed E-state index contributed by atoms with van der Waals surface area (Å²) in [6.45, 7) is 0.605. The molecular weight excluding hydrogens is 214 g/mol. The van der Waals surface area contributed by atoms with Gasteiger partial charge in [-0.1, -0.05) is 0 Å². The third kappa shape index (κ3) is 1.83. The van der Waals surface area contributed by atoms with E-state index in [2.05, 4.69) is 10.3 Å². The molecule has 16 heavy (non-hydrogen) atoms. The van der Waals surface area contributed by atoms with Crippen molar-refractivity contribution in [3.8, 4) is 0 Å².